The first-order valence-electron chi connectivity index (χ1n) is 8.90. The second-order valence-electron chi connectivity index (χ2n) is 6.90. The van der Waals surface area contributed by atoms with Gasteiger partial charge in [0.1, 0.15) is 0 Å². The Kier molecular flexibility index (Phi) is 4.24. The van der Waals surface area contributed by atoms with Crippen molar-refractivity contribution < 1.29 is 4.79 Å². The van der Waals surface area contributed by atoms with Gasteiger partial charge in [0.05, 0.1) is 6.04 Å². The zero-order valence-electron chi connectivity index (χ0n) is 13.9. The van der Waals surface area contributed by atoms with Gasteiger partial charge in [-0.2, -0.15) is 5.10 Å². The third-order valence-corrected chi connectivity index (χ3v) is 5.34. The number of amides is 2. The van der Waals surface area contributed by atoms with Gasteiger partial charge >= 0.3 is 6.03 Å². The topological polar surface area (TPSA) is 50.2 Å². The van der Waals surface area contributed by atoms with Crippen molar-refractivity contribution in [3.63, 3.8) is 0 Å². The van der Waals surface area contributed by atoms with Crippen molar-refractivity contribution >= 4 is 6.03 Å². The van der Waals surface area contributed by atoms with Crippen LogP contribution in [-0.2, 0) is 13.0 Å². The molecular weight excluding hydrogens is 300 g/mol. The summed E-state index contributed by atoms with van der Waals surface area (Å²) >= 11 is 0. The molecule has 1 aromatic carbocycles. The van der Waals surface area contributed by atoms with Crippen LogP contribution in [0.1, 0.15) is 36.4 Å². The summed E-state index contributed by atoms with van der Waals surface area (Å²) in [7, 11) is 0. The van der Waals surface area contributed by atoms with Crippen LogP contribution in [0.3, 0.4) is 0 Å². The Labute approximate surface area is 142 Å². The Morgan fingerprint density at radius 1 is 1.17 bits per heavy atom. The third kappa shape index (κ3) is 3.16. The normalized spacial score (nSPS) is 20.8. The molecule has 5 nitrogen and oxygen atoms in total. The largest absolute Gasteiger partial charge is 0.331 e. The van der Waals surface area contributed by atoms with E-state index in [1.165, 1.54) is 11.1 Å². The zero-order chi connectivity index (χ0) is 16.4. The average Bonchev–Trinajstić information content (AvgIpc) is 3.26. The van der Waals surface area contributed by atoms with Crippen molar-refractivity contribution in [2.24, 2.45) is 5.92 Å². The maximum Gasteiger partial charge on any atom is 0.317 e. The van der Waals surface area contributed by atoms with Crippen molar-refractivity contribution in [1.82, 2.24) is 20.0 Å². The summed E-state index contributed by atoms with van der Waals surface area (Å²) in [5, 5.41) is 7.51. The first-order chi connectivity index (χ1) is 11.8. The Morgan fingerprint density at radius 3 is 2.79 bits per heavy atom. The van der Waals surface area contributed by atoms with Gasteiger partial charge in [0, 0.05) is 32.0 Å². The van der Waals surface area contributed by atoms with Crippen LogP contribution in [0.25, 0.3) is 0 Å². The number of hydrogen-bond acceptors (Lipinski definition) is 2. The van der Waals surface area contributed by atoms with Crippen molar-refractivity contribution in [3.05, 3.63) is 53.9 Å². The number of aryl methyl sites for hydroxylation is 1. The maximum atomic E-state index is 12.6. The average molecular weight is 324 g/mol. The molecule has 1 fully saturated rings. The summed E-state index contributed by atoms with van der Waals surface area (Å²) in [6.45, 7) is 2.64. The van der Waals surface area contributed by atoms with E-state index in [2.05, 4.69) is 34.7 Å². The predicted molar refractivity (Wildman–Crippen MR) is 92.6 cm³/mol. The maximum absolute atomic E-state index is 12.6. The van der Waals surface area contributed by atoms with E-state index >= 15 is 0 Å². The molecule has 0 saturated carbocycles. The summed E-state index contributed by atoms with van der Waals surface area (Å²) in [6.07, 6.45) is 8.01. The quantitative estimate of drug-likeness (QED) is 0.943. The van der Waals surface area contributed by atoms with E-state index in [0.717, 1.165) is 45.3 Å². The highest BCUT2D eigenvalue weighted by molar-refractivity contribution is 5.75. The van der Waals surface area contributed by atoms with Gasteiger partial charge in [0.15, 0.2) is 0 Å². The lowest BCUT2D eigenvalue weighted by molar-refractivity contribution is 0.161. The van der Waals surface area contributed by atoms with Crippen molar-refractivity contribution in [2.45, 2.75) is 38.3 Å². The van der Waals surface area contributed by atoms with Gasteiger partial charge < -0.3 is 10.2 Å². The molecule has 2 aromatic rings. The molecular formula is C19H24N4O. The summed E-state index contributed by atoms with van der Waals surface area (Å²) < 4.78 is 2.00. The summed E-state index contributed by atoms with van der Waals surface area (Å²) in [4.78, 5) is 14.6. The molecule has 1 aliphatic heterocycles. The number of benzene rings is 1. The van der Waals surface area contributed by atoms with E-state index in [1.54, 1.807) is 0 Å². The molecule has 1 aromatic heterocycles. The van der Waals surface area contributed by atoms with Crippen LogP contribution in [0.4, 0.5) is 4.79 Å². The zero-order valence-corrected chi connectivity index (χ0v) is 13.9. The smallest absolute Gasteiger partial charge is 0.317 e. The molecule has 1 N–H and O–H groups in total. The van der Waals surface area contributed by atoms with Gasteiger partial charge in [-0.1, -0.05) is 24.3 Å². The molecule has 2 heterocycles. The second-order valence-corrected chi connectivity index (χ2v) is 6.90. The number of nitrogens with one attached hydrogen (secondary N) is 1. The van der Waals surface area contributed by atoms with E-state index in [4.69, 9.17) is 0 Å². The van der Waals surface area contributed by atoms with Gasteiger partial charge in [-0.05, 0) is 48.8 Å². The molecule has 0 bridgehead atoms. The number of likely N-dealkylation sites (tertiary alicyclic amines) is 1. The first kappa shape index (κ1) is 15.2. The van der Waals surface area contributed by atoms with Crippen molar-refractivity contribution in [2.75, 3.05) is 13.1 Å². The van der Waals surface area contributed by atoms with E-state index in [9.17, 15) is 4.79 Å². The third-order valence-electron chi connectivity index (χ3n) is 5.34. The lowest BCUT2D eigenvalue weighted by atomic mass is 9.97. The predicted octanol–water partition coefficient (Wildman–Crippen LogP) is 2.99. The minimum absolute atomic E-state index is 0.0919. The number of fused-ring (bicyclic) bond motifs is 1. The number of nitrogens with zero attached hydrogens (tertiary/aromatic N) is 3. The summed E-state index contributed by atoms with van der Waals surface area (Å²) in [6, 6.07) is 10.7. The lowest BCUT2D eigenvalue weighted by Crippen LogP contribution is -2.45. The molecule has 1 atom stereocenters. The van der Waals surface area contributed by atoms with Gasteiger partial charge in [0.2, 0.25) is 0 Å². The number of urea groups is 1. The number of carbonyl (C=O) groups excluding carboxylic acids is 1. The van der Waals surface area contributed by atoms with Crippen LogP contribution in [0.15, 0.2) is 42.7 Å². The fraction of sp³-hybridized carbons (Fsp3) is 0.474. The number of rotatable bonds is 3. The molecule has 0 unspecified atom stereocenters. The number of aromatic nitrogens is 2. The number of hydrogen-bond donors (Lipinski definition) is 1. The molecule has 126 valence electrons. The molecule has 1 aliphatic carbocycles. The Balaban J connectivity index is 1.29. The minimum atomic E-state index is 0.0919. The molecule has 0 spiro atoms. The van der Waals surface area contributed by atoms with Gasteiger partial charge in [0.25, 0.3) is 0 Å². The van der Waals surface area contributed by atoms with Crippen LogP contribution in [0.2, 0.25) is 0 Å². The van der Waals surface area contributed by atoms with Crippen LogP contribution in [0, 0.1) is 5.92 Å². The Morgan fingerprint density at radius 2 is 2.00 bits per heavy atom. The fourth-order valence-electron chi connectivity index (χ4n) is 3.94. The summed E-state index contributed by atoms with van der Waals surface area (Å²) in [5.74, 6) is 0.612. The molecule has 1 saturated heterocycles. The SMILES string of the molecule is O=C(N[C@H]1CCc2ccccc21)N1CCC(Cn2cccn2)CC1. The van der Waals surface area contributed by atoms with Gasteiger partial charge in [-0.25, -0.2) is 4.79 Å². The molecule has 24 heavy (non-hydrogen) atoms. The highest BCUT2D eigenvalue weighted by atomic mass is 16.2. The molecule has 2 amide bonds. The Hall–Kier alpha value is -2.30. The number of carbonyl (C=O) groups is 1. The first-order valence-corrected chi connectivity index (χ1v) is 8.90. The van der Waals surface area contributed by atoms with Gasteiger partial charge in [-0.3, -0.25) is 4.68 Å². The second kappa shape index (κ2) is 6.67. The Bertz CT molecular complexity index is 689. The molecule has 0 radical (unpaired) electrons. The van der Waals surface area contributed by atoms with Crippen molar-refractivity contribution in [3.8, 4) is 0 Å². The highest BCUT2D eigenvalue weighted by Gasteiger charge is 2.27. The van der Waals surface area contributed by atoms with Gasteiger partial charge in [-0.15, -0.1) is 0 Å². The standard InChI is InChI=1S/C19H24N4O/c24-19(21-18-7-6-16-4-1-2-5-17(16)18)22-12-8-15(9-13-22)14-23-11-3-10-20-23/h1-5,10-11,15,18H,6-9,12-14H2,(H,21,24)/t18-/m0/s1. The lowest BCUT2D eigenvalue weighted by Gasteiger charge is -2.33. The fourth-order valence-corrected chi connectivity index (χ4v) is 3.94. The van der Waals surface area contributed by atoms with Crippen LogP contribution in [0.5, 0.6) is 0 Å². The summed E-state index contributed by atoms with van der Waals surface area (Å²) in [5.41, 5.74) is 2.67. The molecule has 5 heteroatoms. The van der Waals surface area contributed by atoms with Crippen LogP contribution in [-0.4, -0.2) is 33.8 Å². The van der Waals surface area contributed by atoms with E-state index in [-0.39, 0.29) is 12.1 Å². The highest BCUT2D eigenvalue weighted by Crippen LogP contribution is 2.31. The molecule has 4 rings (SSSR count). The number of piperidine rings is 1. The van der Waals surface area contributed by atoms with E-state index in [0.29, 0.717) is 5.92 Å². The van der Waals surface area contributed by atoms with E-state index < -0.39 is 0 Å². The molecule has 2 aliphatic rings. The van der Waals surface area contributed by atoms with E-state index in [1.807, 2.05) is 28.0 Å². The van der Waals surface area contributed by atoms with Crippen LogP contribution < -0.4 is 5.32 Å². The minimum Gasteiger partial charge on any atom is -0.331 e. The van der Waals surface area contributed by atoms with Crippen LogP contribution >= 0.6 is 0 Å². The van der Waals surface area contributed by atoms with Crippen molar-refractivity contribution in [1.29, 1.82) is 0 Å². The monoisotopic (exact) mass is 324 g/mol.